The number of amides is 1. The van der Waals surface area contributed by atoms with Crippen molar-refractivity contribution in [1.82, 2.24) is 19.4 Å². The fraction of sp³-hybridized carbons (Fsp3) is 0.368. The standard InChI is InChI=1S/C19H21N5O4/c1-2-24-16-14(11-13(12-20-16)18(26)27)21-19(24)23-7-4-6-22(8-9-23)17(25)15-5-3-10-28-15/h3,5,10-12H,2,4,6-9H2,1H3,(H,26,27). The molecule has 1 fully saturated rings. The van der Waals surface area contributed by atoms with Crippen molar-refractivity contribution in [1.29, 1.82) is 0 Å². The van der Waals surface area contributed by atoms with E-state index in [9.17, 15) is 14.7 Å². The minimum atomic E-state index is -1.02. The zero-order chi connectivity index (χ0) is 19.7. The van der Waals surface area contributed by atoms with Gasteiger partial charge in [-0.2, -0.15) is 0 Å². The third kappa shape index (κ3) is 3.19. The Balaban J connectivity index is 1.59. The normalized spacial score (nSPS) is 15.0. The quantitative estimate of drug-likeness (QED) is 0.735. The molecule has 0 spiro atoms. The summed E-state index contributed by atoms with van der Waals surface area (Å²) in [6.45, 7) is 5.24. The van der Waals surface area contributed by atoms with Gasteiger partial charge in [0.05, 0.1) is 11.8 Å². The number of furan rings is 1. The molecule has 0 unspecified atom stereocenters. The molecule has 0 radical (unpaired) electrons. The average molecular weight is 383 g/mol. The maximum absolute atomic E-state index is 12.5. The molecule has 0 saturated carbocycles. The van der Waals surface area contributed by atoms with E-state index in [0.717, 1.165) is 18.9 Å². The van der Waals surface area contributed by atoms with Crippen molar-refractivity contribution in [3.05, 3.63) is 42.0 Å². The summed E-state index contributed by atoms with van der Waals surface area (Å²) in [7, 11) is 0. The Morgan fingerprint density at radius 2 is 2.11 bits per heavy atom. The number of fused-ring (bicyclic) bond motifs is 1. The van der Waals surface area contributed by atoms with Crippen LogP contribution in [0.4, 0.5) is 5.95 Å². The lowest BCUT2D eigenvalue weighted by Gasteiger charge is -2.23. The van der Waals surface area contributed by atoms with E-state index in [0.29, 0.717) is 43.1 Å². The van der Waals surface area contributed by atoms with Gasteiger partial charge < -0.3 is 19.3 Å². The fourth-order valence-electron chi connectivity index (χ4n) is 3.53. The molecule has 1 amide bonds. The van der Waals surface area contributed by atoms with Crippen LogP contribution in [-0.2, 0) is 6.54 Å². The van der Waals surface area contributed by atoms with Crippen LogP contribution in [0.1, 0.15) is 34.3 Å². The van der Waals surface area contributed by atoms with E-state index in [1.807, 2.05) is 11.5 Å². The van der Waals surface area contributed by atoms with Gasteiger partial charge in [0.2, 0.25) is 5.95 Å². The Bertz CT molecular complexity index is 1010. The number of anilines is 1. The van der Waals surface area contributed by atoms with Crippen molar-refractivity contribution < 1.29 is 19.1 Å². The van der Waals surface area contributed by atoms with Crippen LogP contribution in [-0.4, -0.2) is 62.6 Å². The number of aromatic carboxylic acids is 1. The molecule has 1 saturated heterocycles. The summed E-state index contributed by atoms with van der Waals surface area (Å²) in [6.07, 6.45) is 3.65. The Morgan fingerprint density at radius 3 is 2.82 bits per heavy atom. The van der Waals surface area contributed by atoms with Crippen LogP contribution >= 0.6 is 0 Å². The van der Waals surface area contributed by atoms with Gasteiger partial charge in [0.25, 0.3) is 5.91 Å². The van der Waals surface area contributed by atoms with Crippen LogP contribution in [0.5, 0.6) is 0 Å². The lowest BCUT2D eigenvalue weighted by atomic mass is 10.3. The molecule has 3 aromatic heterocycles. The van der Waals surface area contributed by atoms with Crippen molar-refractivity contribution in [2.24, 2.45) is 0 Å². The molecule has 4 heterocycles. The first kappa shape index (κ1) is 18.0. The molecular formula is C19H21N5O4. The minimum Gasteiger partial charge on any atom is -0.478 e. The largest absolute Gasteiger partial charge is 0.478 e. The molecule has 9 heteroatoms. The molecule has 0 aliphatic carbocycles. The van der Waals surface area contributed by atoms with Crippen LogP contribution in [0.2, 0.25) is 0 Å². The topological polar surface area (TPSA) is 105 Å². The van der Waals surface area contributed by atoms with Crippen LogP contribution in [0.15, 0.2) is 35.1 Å². The SMILES string of the molecule is CCn1c(N2CCCN(C(=O)c3ccco3)CC2)nc2cc(C(=O)O)cnc21. The molecule has 1 aliphatic rings. The molecule has 0 bridgehead atoms. The second kappa shape index (κ2) is 7.34. The van der Waals surface area contributed by atoms with E-state index < -0.39 is 5.97 Å². The first-order chi connectivity index (χ1) is 13.6. The lowest BCUT2D eigenvalue weighted by Crippen LogP contribution is -2.35. The number of carbonyl (C=O) groups excluding carboxylic acids is 1. The summed E-state index contributed by atoms with van der Waals surface area (Å²) >= 11 is 0. The van der Waals surface area contributed by atoms with E-state index in [2.05, 4.69) is 14.9 Å². The van der Waals surface area contributed by atoms with Gasteiger partial charge in [0, 0.05) is 38.9 Å². The first-order valence-corrected chi connectivity index (χ1v) is 9.25. The van der Waals surface area contributed by atoms with Crippen molar-refractivity contribution in [2.75, 3.05) is 31.1 Å². The second-order valence-electron chi connectivity index (χ2n) is 6.64. The van der Waals surface area contributed by atoms with E-state index >= 15 is 0 Å². The van der Waals surface area contributed by atoms with Crippen molar-refractivity contribution in [3.8, 4) is 0 Å². The van der Waals surface area contributed by atoms with E-state index in [-0.39, 0.29) is 11.5 Å². The maximum atomic E-state index is 12.5. The highest BCUT2D eigenvalue weighted by atomic mass is 16.4. The molecule has 0 atom stereocenters. The number of carboxylic acid groups (broad SMARTS) is 1. The molecule has 3 aromatic rings. The van der Waals surface area contributed by atoms with Gasteiger partial charge in [-0.15, -0.1) is 0 Å². The van der Waals surface area contributed by atoms with Gasteiger partial charge in [-0.05, 0) is 31.5 Å². The molecule has 1 aliphatic heterocycles. The van der Waals surface area contributed by atoms with Gasteiger partial charge >= 0.3 is 5.97 Å². The summed E-state index contributed by atoms with van der Waals surface area (Å²) in [5, 5.41) is 9.19. The Morgan fingerprint density at radius 1 is 1.25 bits per heavy atom. The predicted octanol–water partition coefficient (Wildman–Crippen LogP) is 2.09. The van der Waals surface area contributed by atoms with E-state index in [4.69, 9.17) is 4.42 Å². The van der Waals surface area contributed by atoms with Gasteiger partial charge in [0.1, 0.15) is 5.52 Å². The van der Waals surface area contributed by atoms with Gasteiger partial charge in [0.15, 0.2) is 11.4 Å². The zero-order valence-electron chi connectivity index (χ0n) is 15.5. The summed E-state index contributed by atoms with van der Waals surface area (Å²) in [5.41, 5.74) is 1.34. The predicted molar refractivity (Wildman–Crippen MR) is 102 cm³/mol. The number of hydrogen-bond donors (Lipinski definition) is 1. The number of nitrogens with zero attached hydrogens (tertiary/aromatic N) is 5. The smallest absolute Gasteiger partial charge is 0.337 e. The van der Waals surface area contributed by atoms with E-state index in [1.165, 1.54) is 12.5 Å². The summed E-state index contributed by atoms with van der Waals surface area (Å²) in [6, 6.07) is 4.93. The highest BCUT2D eigenvalue weighted by Gasteiger charge is 2.25. The van der Waals surface area contributed by atoms with Crippen molar-refractivity contribution >= 4 is 29.0 Å². The Hall–Kier alpha value is -3.36. The zero-order valence-corrected chi connectivity index (χ0v) is 15.5. The summed E-state index contributed by atoms with van der Waals surface area (Å²) < 4.78 is 7.21. The highest BCUT2D eigenvalue weighted by molar-refractivity contribution is 5.92. The third-order valence-corrected chi connectivity index (χ3v) is 4.93. The summed E-state index contributed by atoms with van der Waals surface area (Å²) in [4.78, 5) is 36.6. The van der Waals surface area contributed by atoms with Crippen LogP contribution in [0, 0.1) is 0 Å². The summed E-state index contributed by atoms with van der Waals surface area (Å²) in [5.74, 6) is -0.0352. The van der Waals surface area contributed by atoms with Crippen molar-refractivity contribution in [3.63, 3.8) is 0 Å². The van der Waals surface area contributed by atoms with Crippen LogP contribution < -0.4 is 4.90 Å². The molecule has 4 rings (SSSR count). The number of aryl methyl sites for hydroxylation is 1. The van der Waals surface area contributed by atoms with Gasteiger partial charge in [-0.3, -0.25) is 9.36 Å². The number of imidazole rings is 1. The van der Waals surface area contributed by atoms with Crippen LogP contribution in [0.3, 0.4) is 0 Å². The molecule has 9 nitrogen and oxygen atoms in total. The fourth-order valence-corrected chi connectivity index (χ4v) is 3.53. The van der Waals surface area contributed by atoms with Gasteiger partial charge in [-0.1, -0.05) is 0 Å². The Kier molecular flexibility index (Phi) is 4.72. The number of rotatable bonds is 4. The minimum absolute atomic E-state index is 0.108. The number of pyridine rings is 1. The highest BCUT2D eigenvalue weighted by Crippen LogP contribution is 2.23. The second-order valence-corrected chi connectivity index (χ2v) is 6.64. The van der Waals surface area contributed by atoms with Crippen LogP contribution in [0.25, 0.3) is 11.2 Å². The van der Waals surface area contributed by atoms with Gasteiger partial charge in [-0.25, -0.2) is 14.8 Å². The average Bonchev–Trinajstić information content (AvgIpc) is 3.28. The number of carbonyl (C=O) groups is 2. The molecule has 146 valence electrons. The van der Waals surface area contributed by atoms with Crippen molar-refractivity contribution in [2.45, 2.75) is 19.9 Å². The molecule has 1 N–H and O–H groups in total. The first-order valence-electron chi connectivity index (χ1n) is 9.25. The molecular weight excluding hydrogens is 362 g/mol. The lowest BCUT2D eigenvalue weighted by molar-refractivity contribution is 0.0695. The molecule has 28 heavy (non-hydrogen) atoms. The monoisotopic (exact) mass is 383 g/mol. The molecule has 0 aromatic carbocycles. The van der Waals surface area contributed by atoms with E-state index in [1.54, 1.807) is 23.1 Å². The number of aromatic nitrogens is 3. The Labute approximate surface area is 161 Å². The number of carboxylic acids is 1. The maximum Gasteiger partial charge on any atom is 0.337 e. The third-order valence-electron chi connectivity index (χ3n) is 4.93. The number of hydrogen-bond acceptors (Lipinski definition) is 6.